The molecular weight excluding hydrogens is 418 g/mol. The van der Waals surface area contributed by atoms with E-state index in [-0.39, 0.29) is 18.3 Å². The fourth-order valence-corrected chi connectivity index (χ4v) is 4.63. The molecule has 5 rings (SSSR count). The van der Waals surface area contributed by atoms with Gasteiger partial charge in [-0.05, 0) is 49.1 Å². The molecule has 1 unspecified atom stereocenters. The molecule has 1 aliphatic heterocycles. The summed E-state index contributed by atoms with van der Waals surface area (Å²) in [6, 6.07) is 11.4. The van der Waals surface area contributed by atoms with Crippen molar-refractivity contribution in [2.24, 2.45) is 0 Å². The minimum atomic E-state index is 0.153. The van der Waals surface area contributed by atoms with Gasteiger partial charge in [0, 0.05) is 49.5 Å². The number of pyridine rings is 1. The lowest BCUT2D eigenvalue weighted by Crippen LogP contribution is -2.37. The summed E-state index contributed by atoms with van der Waals surface area (Å²) >= 11 is 0. The maximum atomic E-state index is 10.1. The number of aromatic nitrogens is 3. The third-order valence-electron chi connectivity index (χ3n) is 6.28. The molecule has 1 fully saturated rings. The normalized spacial score (nSPS) is 17.7. The predicted octanol–water partition coefficient (Wildman–Crippen LogP) is 2.95. The van der Waals surface area contributed by atoms with Crippen molar-refractivity contribution < 1.29 is 14.9 Å². The Bertz CT molecular complexity index is 1120. The van der Waals surface area contributed by atoms with Gasteiger partial charge in [0.25, 0.3) is 0 Å². The average Bonchev–Trinajstić information content (AvgIpc) is 3.28. The fraction of sp³-hybridized carbons (Fsp3) is 0.400. The van der Waals surface area contributed by atoms with E-state index in [1.165, 1.54) is 5.56 Å². The van der Waals surface area contributed by atoms with E-state index in [2.05, 4.69) is 27.3 Å². The van der Waals surface area contributed by atoms with Crippen LogP contribution in [-0.2, 0) is 11.2 Å². The standard InChI is InChI=1S/C25H29N5O3/c31-12-2-8-26-22-16-17(7-9-27-22)20-5-6-21-23(18-3-1-4-19(32)15-18)28-25(29-24(20)21)30-10-13-33-14-11-30/h1,3-4,7,9,15-16,20,31-32H,2,5-6,8,10-14H2,(H,26,27). The molecule has 0 bridgehead atoms. The van der Waals surface area contributed by atoms with Crippen LogP contribution < -0.4 is 10.2 Å². The number of nitrogens with zero attached hydrogens (tertiary/aromatic N) is 4. The zero-order chi connectivity index (χ0) is 22.6. The zero-order valence-electron chi connectivity index (χ0n) is 18.6. The Kier molecular flexibility index (Phi) is 6.37. The van der Waals surface area contributed by atoms with Gasteiger partial charge >= 0.3 is 0 Å². The molecule has 2 aromatic heterocycles. The second-order valence-electron chi connectivity index (χ2n) is 8.46. The van der Waals surface area contributed by atoms with Crippen LogP contribution in [0.25, 0.3) is 11.3 Å². The van der Waals surface area contributed by atoms with E-state index in [0.29, 0.717) is 26.2 Å². The number of hydrogen-bond donors (Lipinski definition) is 3. The van der Waals surface area contributed by atoms with E-state index >= 15 is 0 Å². The van der Waals surface area contributed by atoms with Crippen molar-refractivity contribution in [3.8, 4) is 17.0 Å². The van der Waals surface area contributed by atoms with E-state index in [1.807, 2.05) is 18.3 Å². The van der Waals surface area contributed by atoms with Crippen LogP contribution in [0.15, 0.2) is 42.6 Å². The number of ether oxygens (including phenoxy) is 1. The van der Waals surface area contributed by atoms with Crippen molar-refractivity contribution in [2.45, 2.75) is 25.2 Å². The molecule has 33 heavy (non-hydrogen) atoms. The average molecular weight is 448 g/mol. The summed E-state index contributed by atoms with van der Waals surface area (Å²) in [5.41, 5.74) is 5.18. The second-order valence-corrected chi connectivity index (χ2v) is 8.46. The van der Waals surface area contributed by atoms with Crippen molar-refractivity contribution >= 4 is 11.8 Å². The van der Waals surface area contributed by atoms with Gasteiger partial charge in [-0.25, -0.2) is 15.0 Å². The van der Waals surface area contributed by atoms with Crippen molar-refractivity contribution in [1.29, 1.82) is 0 Å². The lowest BCUT2D eigenvalue weighted by Gasteiger charge is -2.28. The molecule has 0 spiro atoms. The molecule has 1 atom stereocenters. The Balaban J connectivity index is 1.55. The molecule has 0 amide bonds. The van der Waals surface area contributed by atoms with Crippen LogP contribution in [0, 0.1) is 0 Å². The summed E-state index contributed by atoms with van der Waals surface area (Å²) in [5.74, 6) is 1.91. The number of rotatable bonds is 7. The molecule has 8 heteroatoms. The van der Waals surface area contributed by atoms with Gasteiger partial charge in [0.15, 0.2) is 0 Å². The number of aromatic hydroxyl groups is 1. The summed E-state index contributed by atoms with van der Waals surface area (Å²) < 4.78 is 5.53. The first-order valence-electron chi connectivity index (χ1n) is 11.6. The Hall–Kier alpha value is -3.23. The summed E-state index contributed by atoms with van der Waals surface area (Å²) in [5, 5.41) is 22.4. The van der Waals surface area contributed by atoms with Crippen LogP contribution in [0.5, 0.6) is 5.75 Å². The topological polar surface area (TPSA) is 104 Å². The first-order valence-corrected chi connectivity index (χ1v) is 11.6. The molecule has 8 nitrogen and oxygen atoms in total. The van der Waals surface area contributed by atoms with E-state index in [4.69, 9.17) is 19.8 Å². The molecule has 0 radical (unpaired) electrons. The highest BCUT2D eigenvalue weighted by Crippen LogP contribution is 2.42. The van der Waals surface area contributed by atoms with Gasteiger partial charge in [-0.15, -0.1) is 0 Å². The lowest BCUT2D eigenvalue weighted by atomic mass is 9.97. The first-order chi connectivity index (χ1) is 16.2. The number of hydrogen-bond acceptors (Lipinski definition) is 8. The van der Waals surface area contributed by atoms with Crippen molar-refractivity contribution in [3.05, 3.63) is 59.4 Å². The van der Waals surface area contributed by atoms with Gasteiger partial charge < -0.3 is 25.2 Å². The number of anilines is 2. The minimum absolute atomic E-state index is 0.153. The number of nitrogens with one attached hydrogen (secondary N) is 1. The Morgan fingerprint density at radius 3 is 2.82 bits per heavy atom. The molecule has 3 aromatic rings. The number of morpholine rings is 1. The number of phenolic OH excluding ortho intramolecular Hbond substituents is 1. The Labute approximate surface area is 193 Å². The molecule has 0 saturated carbocycles. The summed E-state index contributed by atoms with van der Waals surface area (Å²) in [4.78, 5) is 16.7. The maximum Gasteiger partial charge on any atom is 0.226 e. The molecule has 3 N–H and O–H groups in total. The van der Waals surface area contributed by atoms with Crippen molar-refractivity contribution in [1.82, 2.24) is 15.0 Å². The highest BCUT2D eigenvalue weighted by molar-refractivity contribution is 5.68. The summed E-state index contributed by atoms with van der Waals surface area (Å²) in [7, 11) is 0. The largest absolute Gasteiger partial charge is 0.508 e. The highest BCUT2D eigenvalue weighted by atomic mass is 16.5. The van der Waals surface area contributed by atoms with E-state index in [0.717, 1.165) is 60.2 Å². The third kappa shape index (κ3) is 4.62. The molecular formula is C25H29N5O3. The Morgan fingerprint density at radius 1 is 1.12 bits per heavy atom. The second kappa shape index (κ2) is 9.72. The molecule has 1 aromatic carbocycles. The van der Waals surface area contributed by atoms with Crippen molar-refractivity contribution in [2.75, 3.05) is 49.7 Å². The number of benzene rings is 1. The summed E-state index contributed by atoms with van der Waals surface area (Å²) in [6.07, 6.45) is 4.34. The van der Waals surface area contributed by atoms with Gasteiger partial charge in [0.2, 0.25) is 5.95 Å². The number of aliphatic hydroxyl groups is 1. The van der Waals surface area contributed by atoms with Gasteiger partial charge in [0.05, 0.1) is 24.6 Å². The minimum Gasteiger partial charge on any atom is -0.508 e. The van der Waals surface area contributed by atoms with Gasteiger partial charge in [-0.1, -0.05) is 12.1 Å². The quantitative estimate of drug-likeness (QED) is 0.475. The van der Waals surface area contributed by atoms with Crippen LogP contribution in [0.4, 0.5) is 11.8 Å². The third-order valence-corrected chi connectivity index (χ3v) is 6.28. The van der Waals surface area contributed by atoms with Crippen LogP contribution in [0.3, 0.4) is 0 Å². The Morgan fingerprint density at radius 2 is 2.00 bits per heavy atom. The van der Waals surface area contributed by atoms with E-state index in [9.17, 15) is 5.11 Å². The predicted molar refractivity (Wildman–Crippen MR) is 127 cm³/mol. The van der Waals surface area contributed by atoms with Gasteiger partial charge in [0.1, 0.15) is 11.6 Å². The monoisotopic (exact) mass is 447 g/mol. The van der Waals surface area contributed by atoms with Gasteiger partial charge in [-0.2, -0.15) is 0 Å². The smallest absolute Gasteiger partial charge is 0.226 e. The van der Waals surface area contributed by atoms with Crippen LogP contribution in [0.1, 0.15) is 35.6 Å². The molecule has 2 aliphatic rings. The molecule has 1 aliphatic carbocycles. The number of phenols is 1. The SMILES string of the molecule is OCCCNc1cc(C2CCc3c(-c4cccc(O)c4)nc(N4CCOCC4)nc32)ccn1. The first kappa shape index (κ1) is 21.6. The lowest BCUT2D eigenvalue weighted by molar-refractivity contribution is 0.122. The molecule has 172 valence electrons. The van der Waals surface area contributed by atoms with Crippen LogP contribution in [0.2, 0.25) is 0 Å². The highest BCUT2D eigenvalue weighted by Gasteiger charge is 2.31. The summed E-state index contributed by atoms with van der Waals surface area (Å²) in [6.45, 7) is 3.69. The van der Waals surface area contributed by atoms with Crippen LogP contribution >= 0.6 is 0 Å². The van der Waals surface area contributed by atoms with Crippen molar-refractivity contribution in [3.63, 3.8) is 0 Å². The van der Waals surface area contributed by atoms with E-state index < -0.39 is 0 Å². The molecule has 3 heterocycles. The number of fused-ring (bicyclic) bond motifs is 1. The van der Waals surface area contributed by atoms with Gasteiger partial charge in [-0.3, -0.25) is 0 Å². The molecule has 1 saturated heterocycles. The van der Waals surface area contributed by atoms with Crippen LogP contribution in [-0.4, -0.2) is 64.6 Å². The number of aliphatic hydroxyl groups excluding tert-OH is 1. The van der Waals surface area contributed by atoms with E-state index in [1.54, 1.807) is 12.1 Å². The zero-order valence-corrected chi connectivity index (χ0v) is 18.6. The fourth-order valence-electron chi connectivity index (χ4n) is 4.63. The maximum absolute atomic E-state index is 10.1.